The number of hydrogen-bond donors (Lipinski definition) is 0. The van der Waals surface area contributed by atoms with Gasteiger partial charge in [0.25, 0.3) is 0 Å². The molecule has 1 nitrogen and oxygen atoms in total. The summed E-state index contributed by atoms with van der Waals surface area (Å²) in [5.41, 5.74) is 1.03. The molecule has 1 aromatic carbocycles. The third-order valence-electron chi connectivity index (χ3n) is 2.68. The Morgan fingerprint density at radius 2 is 1.79 bits per heavy atom. The average Bonchev–Trinajstić information content (AvgIpc) is 2.72. The maximum atomic E-state index is 5.82. The maximum absolute atomic E-state index is 5.82. The summed E-state index contributed by atoms with van der Waals surface area (Å²) in [4.78, 5) is 0. The second kappa shape index (κ2) is 4.32. The van der Waals surface area contributed by atoms with Crippen molar-refractivity contribution < 1.29 is 4.74 Å². The van der Waals surface area contributed by atoms with E-state index in [9.17, 15) is 0 Å². The van der Waals surface area contributed by atoms with Gasteiger partial charge in [-0.25, -0.2) is 0 Å². The summed E-state index contributed by atoms with van der Waals surface area (Å²) in [5, 5.41) is 0. The van der Waals surface area contributed by atoms with E-state index < -0.39 is 0 Å². The van der Waals surface area contributed by atoms with E-state index in [1.165, 1.54) is 25.7 Å². The molecule has 0 aromatic heterocycles. The van der Waals surface area contributed by atoms with E-state index >= 15 is 0 Å². The topological polar surface area (TPSA) is 9.23 Å². The highest BCUT2D eigenvalue weighted by Gasteiger charge is 2.15. The van der Waals surface area contributed by atoms with Crippen molar-refractivity contribution in [3.63, 3.8) is 0 Å². The molecule has 1 fully saturated rings. The Bertz CT molecular complexity index is 294. The molecule has 0 spiro atoms. The van der Waals surface area contributed by atoms with E-state index in [2.05, 4.69) is 0 Å². The number of hydrogen-bond acceptors (Lipinski definition) is 1. The predicted molar refractivity (Wildman–Crippen MR) is 58.1 cm³/mol. The molecule has 0 heterocycles. The van der Waals surface area contributed by atoms with Crippen LogP contribution < -0.4 is 4.74 Å². The summed E-state index contributed by atoms with van der Waals surface area (Å²) in [6, 6.07) is 7.92. The minimum atomic E-state index is 0.433. The zero-order valence-electron chi connectivity index (χ0n) is 8.28. The molecule has 1 heteroatoms. The maximum Gasteiger partial charge on any atom is 0.119 e. The summed E-state index contributed by atoms with van der Waals surface area (Å²) in [6.07, 6.45) is 7.04. The van der Waals surface area contributed by atoms with Crippen molar-refractivity contribution in [3.05, 3.63) is 36.4 Å². The average molecular weight is 187 g/mol. The van der Waals surface area contributed by atoms with Crippen LogP contribution in [0.1, 0.15) is 31.2 Å². The molecule has 0 atom stereocenters. The van der Waals surface area contributed by atoms with Crippen LogP contribution in [0.3, 0.4) is 0 Å². The molecule has 73 valence electrons. The molecular formula is C13H15O. The molecule has 1 aliphatic rings. The summed E-state index contributed by atoms with van der Waals surface area (Å²) >= 11 is 0. The van der Waals surface area contributed by atoms with Crippen LogP contribution in [0.2, 0.25) is 0 Å². The SMILES string of the molecule is [CH]=Cc1ccc(OC2CCCC2)cc1. The van der Waals surface area contributed by atoms with E-state index in [1.54, 1.807) is 6.08 Å². The molecule has 0 unspecified atom stereocenters. The molecule has 1 radical (unpaired) electrons. The highest BCUT2D eigenvalue weighted by Crippen LogP contribution is 2.24. The minimum absolute atomic E-state index is 0.433. The molecule has 1 aromatic rings. The van der Waals surface area contributed by atoms with E-state index in [-0.39, 0.29) is 0 Å². The van der Waals surface area contributed by atoms with Crippen LogP contribution in [0, 0.1) is 6.58 Å². The van der Waals surface area contributed by atoms with Crippen molar-refractivity contribution in [2.75, 3.05) is 0 Å². The summed E-state index contributed by atoms with van der Waals surface area (Å²) in [6.45, 7) is 5.40. The molecule has 1 aliphatic carbocycles. The second-order valence-electron chi connectivity index (χ2n) is 3.76. The van der Waals surface area contributed by atoms with Gasteiger partial charge in [-0.2, -0.15) is 0 Å². The first-order valence-corrected chi connectivity index (χ1v) is 5.20. The Balaban J connectivity index is 1.98. The van der Waals surface area contributed by atoms with Crippen molar-refractivity contribution in [1.29, 1.82) is 0 Å². The molecule has 0 amide bonds. The van der Waals surface area contributed by atoms with Crippen LogP contribution in [0.5, 0.6) is 5.75 Å². The zero-order chi connectivity index (χ0) is 9.80. The van der Waals surface area contributed by atoms with Gasteiger partial charge in [-0.3, -0.25) is 0 Å². The van der Waals surface area contributed by atoms with Gasteiger partial charge in [0.05, 0.1) is 6.10 Å². The van der Waals surface area contributed by atoms with Crippen LogP contribution in [-0.4, -0.2) is 6.10 Å². The largest absolute Gasteiger partial charge is 0.490 e. The summed E-state index contributed by atoms with van der Waals surface area (Å²) in [5.74, 6) is 0.961. The predicted octanol–water partition coefficient (Wildman–Crippen LogP) is 3.45. The van der Waals surface area contributed by atoms with E-state index in [0.717, 1.165) is 11.3 Å². The van der Waals surface area contributed by atoms with Gasteiger partial charge < -0.3 is 4.74 Å². The molecule has 14 heavy (non-hydrogen) atoms. The van der Waals surface area contributed by atoms with E-state index in [4.69, 9.17) is 11.3 Å². The third-order valence-corrected chi connectivity index (χ3v) is 2.68. The van der Waals surface area contributed by atoms with Crippen molar-refractivity contribution in [2.24, 2.45) is 0 Å². The highest BCUT2D eigenvalue weighted by molar-refractivity contribution is 5.47. The van der Waals surface area contributed by atoms with Crippen molar-refractivity contribution in [1.82, 2.24) is 0 Å². The first-order valence-electron chi connectivity index (χ1n) is 5.20. The monoisotopic (exact) mass is 187 g/mol. The lowest BCUT2D eigenvalue weighted by Crippen LogP contribution is -2.10. The van der Waals surface area contributed by atoms with Gasteiger partial charge in [0.1, 0.15) is 5.75 Å². The van der Waals surface area contributed by atoms with Gasteiger partial charge in [-0.15, -0.1) is 0 Å². The van der Waals surface area contributed by atoms with E-state index in [0.29, 0.717) is 6.10 Å². The molecule has 0 aliphatic heterocycles. The van der Waals surface area contributed by atoms with Crippen LogP contribution in [0.25, 0.3) is 6.08 Å². The Labute approximate surface area is 85.4 Å². The van der Waals surface area contributed by atoms with Crippen LogP contribution >= 0.6 is 0 Å². The first-order chi connectivity index (χ1) is 6.88. The first kappa shape index (κ1) is 9.32. The summed E-state index contributed by atoms with van der Waals surface area (Å²) < 4.78 is 5.82. The normalized spacial score (nSPS) is 16.9. The smallest absolute Gasteiger partial charge is 0.119 e. The van der Waals surface area contributed by atoms with E-state index in [1.807, 2.05) is 24.3 Å². The van der Waals surface area contributed by atoms with Crippen molar-refractivity contribution >= 4 is 6.08 Å². The van der Waals surface area contributed by atoms with Crippen molar-refractivity contribution in [3.8, 4) is 5.75 Å². The molecule has 1 saturated carbocycles. The van der Waals surface area contributed by atoms with Gasteiger partial charge in [-0.1, -0.05) is 24.8 Å². The standard InChI is InChI=1S/C13H15O/c1-2-11-7-9-13(10-8-11)14-12-5-3-4-6-12/h1-2,7-10,12H,3-6H2. The number of benzene rings is 1. The Morgan fingerprint density at radius 1 is 1.14 bits per heavy atom. The van der Waals surface area contributed by atoms with Crippen LogP contribution in [-0.2, 0) is 0 Å². The van der Waals surface area contributed by atoms with Gasteiger partial charge in [0, 0.05) is 0 Å². The lowest BCUT2D eigenvalue weighted by Gasteiger charge is -2.12. The zero-order valence-corrected chi connectivity index (χ0v) is 8.28. The lowest BCUT2D eigenvalue weighted by atomic mass is 10.2. The van der Waals surface area contributed by atoms with Gasteiger partial charge in [-0.05, 0) is 43.4 Å². The quantitative estimate of drug-likeness (QED) is 0.704. The number of ether oxygens (including phenoxy) is 1. The van der Waals surface area contributed by atoms with Crippen LogP contribution in [0.15, 0.2) is 24.3 Å². The minimum Gasteiger partial charge on any atom is -0.490 e. The Kier molecular flexibility index (Phi) is 2.87. The summed E-state index contributed by atoms with van der Waals surface area (Å²) in [7, 11) is 0. The third kappa shape index (κ3) is 2.16. The Morgan fingerprint density at radius 3 is 2.36 bits per heavy atom. The molecule has 2 rings (SSSR count). The fraction of sp³-hybridized carbons (Fsp3) is 0.385. The lowest BCUT2D eigenvalue weighted by molar-refractivity contribution is 0.210. The fourth-order valence-corrected chi connectivity index (χ4v) is 1.86. The van der Waals surface area contributed by atoms with Crippen molar-refractivity contribution in [2.45, 2.75) is 31.8 Å². The molecule has 0 bridgehead atoms. The number of rotatable bonds is 3. The molecular weight excluding hydrogens is 172 g/mol. The second-order valence-corrected chi connectivity index (χ2v) is 3.76. The highest BCUT2D eigenvalue weighted by atomic mass is 16.5. The Hall–Kier alpha value is -1.24. The molecule has 0 saturated heterocycles. The fourth-order valence-electron chi connectivity index (χ4n) is 1.86. The van der Waals surface area contributed by atoms with Gasteiger partial charge in [0.2, 0.25) is 0 Å². The molecule has 0 N–H and O–H groups in total. The van der Waals surface area contributed by atoms with Gasteiger partial charge in [0.15, 0.2) is 0 Å². The van der Waals surface area contributed by atoms with Crippen LogP contribution in [0.4, 0.5) is 0 Å². The van der Waals surface area contributed by atoms with Gasteiger partial charge >= 0.3 is 0 Å².